The van der Waals surface area contributed by atoms with Crippen molar-refractivity contribution in [3.63, 3.8) is 0 Å². The van der Waals surface area contributed by atoms with Crippen molar-refractivity contribution in [2.45, 2.75) is 45.5 Å². The molecule has 0 bridgehead atoms. The van der Waals surface area contributed by atoms with Crippen molar-refractivity contribution in [3.05, 3.63) is 29.3 Å². The highest BCUT2D eigenvalue weighted by Crippen LogP contribution is 2.34. The summed E-state index contributed by atoms with van der Waals surface area (Å²) < 4.78 is 50.3. The lowest BCUT2D eigenvalue weighted by atomic mass is 9.99. The zero-order chi connectivity index (χ0) is 17.7. The third-order valence-corrected chi connectivity index (χ3v) is 3.80. The quantitative estimate of drug-likeness (QED) is 0.888. The summed E-state index contributed by atoms with van der Waals surface area (Å²) in [4.78, 5) is 12.1. The van der Waals surface area contributed by atoms with Crippen molar-refractivity contribution in [3.8, 4) is 5.75 Å². The molecule has 0 aliphatic carbocycles. The van der Waals surface area contributed by atoms with E-state index in [0.717, 1.165) is 6.07 Å². The first-order valence-electron chi connectivity index (χ1n) is 7.99. The molecule has 1 fully saturated rings. The van der Waals surface area contributed by atoms with Crippen LogP contribution in [0, 0.1) is 5.92 Å². The van der Waals surface area contributed by atoms with E-state index in [4.69, 9.17) is 9.47 Å². The third-order valence-electron chi connectivity index (χ3n) is 3.80. The van der Waals surface area contributed by atoms with Gasteiger partial charge in [0, 0.05) is 25.7 Å². The molecule has 1 saturated heterocycles. The minimum atomic E-state index is -4.50. The molecule has 1 aliphatic heterocycles. The number of nitrogens with one attached hydrogen (secondary N) is 1. The molecule has 0 aromatic heterocycles. The molecule has 0 atom stereocenters. The number of rotatable bonds is 5. The molecule has 134 valence electrons. The van der Waals surface area contributed by atoms with E-state index in [1.54, 1.807) is 13.8 Å². The normalized spacial score (nSPS) is 16.2. The molecule has 1 aromatic rings. The highest BCUT2D eigenvalue weighted by atomic mass is 19.4. The van der Waals surface area contributed by atoms with Gasteiger partial charge < -0.3 is 14.8 Å². The Morgan fingerprint density at radius 3 is 2.58 bits per heavy atom. The molecular formula is C17H22F3NO3. The van der Waals surface area contributed by atoms with Crippen LogP contribution in [0.25, 0.3) is 0 Å². The first-order chi connectivity index (χ1) is 11.3. The Bertz CT molecular complexity index is 567. The van der Waals surface area contributed by atoms with E-state index in [1.807, 2.05) is 0 Å². The second-order valence-corrected chi connectivity index (χ2v) is 6.09. The summed E-state index contributed by atoms with van der Waals surface area (Å²) in [5, 5.41) is 2.61. The Balaban J connectivity index is 2.09. The summed E-state index contributed by atoms with van der Waals surface area (Å²) in [6.07, 6.45) is -3.53. The lowest BCUT2D eigenvalue weighted by Crippen LogP contribution is -2.34. The number of hydrogen-bond acceptors (Lipinski definition) is 3. The minimum absolute atomic E-state index is 0.0269. The zero-order valence-electron chi connectivity index (χ0n) is 13.8. The maximum Gasteiger partial charge on any atom is 0.416 e. The van der Waals surface area contributed by atoms with Crippen LogP contribution in [0.1, 0.15) is 37.8 Å². The number of carbonyl (C=O) groups is 1. The van der Waals surface area contributed by atoms with Crippen LogP contribution in [0.4, 0.5) is 13.2 Å². The molecule has 1 N–H and O–H groups in total. The fraction of sp³-hybridized carbons (Fsp3) is 0.588. The predicted molar refractivity (Wildman–Crippen MR) is 82.6 cm³/mol. The van der Waals surface area contributed by atoms with E-state index in [2.05, 4.69) is 5.32 Å². The first kappa shape index (κ1) is 18.6. The number of ether oxygens (including phenoxy) is 2. The van der Waals surface area contributed by atoms with Gasteiger partial charge >= 0.3 is 6.18 Å². The van der Waals surface area contributed by atoms with Crippen LogP contribution in [-0.4, -0.2) is 25.2 Å². The summed E-state index contributed by atoms with van der Waals surface area (Å²) in [7, 11) is 0. The molecule has 0 spiro atoms. The van der Waals surface area contributed by atoms with Gasteiger partial charge in [-0.1, -0.05) is 6.07 Å². The summed E-state index contributed by atoms with van der Waals surface area (Å²) in [6.45, 7) is 4.35. The molecule has 0 saturated carbocycles. The fourth-order valence-corrected chi connectivity index (χ4v) is 2.61. The van der Waals surface area contributed by atoms with Crippen LogP contribution in [0.2, 0.25) is 0 Å². The van der Waals surface area contributed by atoms with Crippen molar-refractivity contribution in [1.29, 1.82) is 0 Å². The van der Waals surface area contributed by atoms with E-state index in [0.29, 0.717) is 26.1 Å². The Morgan fingerprint density at radius 1 is 1.33 bits per heavy atom. The molecule has 7 heteroatoms. The summed E-state index contributed by atoms with van der Waals surface area (Å²) in [6, 6.07) is 3.83. The number of amides is 1. The smallest absolute Gasteiger partial charge is 0.416 e. The average Bonchev–Trinajstić information content (AvgIpc) is 2.52. The van der Waals surface area contributed by atoms with Crippen molar-refractivity contribution in [1.82, 2.24) is 5.32 Å². The standard InChI is InChI=1S/C17H22F3NO3/c1-11(2)24-14-4-3-13(15(9-14)17(18,19)20)10-21-16(22)12-5-7-23-8-6-12/h3-4,9,11-12H,5-8,10H2,1-2H3,(H,21,22). The maximum atomic E-state index is 13.3. The van der Waals surface area contributed by atoms with Crippen LogP contribution >= 0.6 is 0 Å². The molecule has 1 aliphatic rings. The Labute approximate surface area is 139 Å². The molecule has 24 heavy (non-hydrogen) atoms. The van der Waals surface area contributed by atoms with Gasteiger partial charge in [-0.05, 0) is 44.4 Å². The Morgan fingerprint density at radius 2 is 2.00 bits per heavy atom. The molecule has 1 heterocycles. The van der Waals surface area contributed by atoms with Crippen LogP contribution in [0.15, 0.2) is 18.2 Å². The zero-order valence-corrected chi connectivity index (χ0v) is 13.8. The number of halogens is 3. The SMILES string of the molecule is CC(C)Oc1ccc(CNC(=O)C2CCOCC2)c(C(F)(F)F)c1. The van der Waals surface area contributed by atoms with Crippen molar-refractivity contribution in [2.75, 3.05) is 13.2 Å². The van der Waals surface area contributed by atoms with Gasteiger partial charge in [0.05, 0.1) is 11.7 Å². The van der Waals surface area contributed by atoms with Gasteiger partial charge in [0.2, 0.25) is 5.91 Å². The van der Waals surface area contributed by atoms with Crippen molar-refractivity contribution < 1.29 is 27.4 Å². The topological polar surface area (TPSA) is 47.6 Å². The molecule has 0 unspecified atom stereocenters. The van der Waals surface area contributed by atoms with E-state index in [1.165, 1.54) is 12.1 Å². The second kappa shape index (κ2) is 7.88. The van der Waals surface area contributed by atoms with Crippen LogP contribution in [0.3, 0.4) is 0 Å². The van der Waals surface area contributed by atoms with E-state index < -0.39 is 11.7 Å². The maximum absolute atomic E-state index is 13.3. The number of benzene rings is 1. The lowest BCUT2D eigenvalue weighted by molar-refractivity contribution is -0.138. The number of carbonyl (C=O) groups excluding carboxylic acids is 1. The van der Waals surface area contributed by atoms with Crippen molar-refractivity contribution >= 4 is 5.91 Å². The Kier molecular flexibility index (Phi) is 6.10. The fourth-order valence-electron chi connectivity index (χ4n) is 2.61. The van der Waals surface area contributed by atoms with E-state index in [-0.39, 0.29) is 35.8 Å². The molecule has 1 amide bonds. The third kappa shape index (κ3) is 5.12. The molecule has 0 radical (unpaired) electrons. The number of alkyl halides is 3. The van der Waals surface area contributed by atoms with Gasteiger partial charge in [0.15, 0.2) is 0 Å². The van der Waals surface area contributed by atoms with Crippen LogP contribution < -0.4 is 10.1 Å². The van der Waals surface area contributed by atoms with E-state index >= 15 is 0 Å². The van der Waals surface area contributed by atoms with Gasteiger partial charge in [0.1, 0.15) is 5.75 Å². The molecular weight excluding hydrogens is 323 g/mol. The van der Waals surface area contributed by atoms with Crippen LogP contribution in [-0.2, 0) is 22.3 Å². The van der Waals surface area contributed by atoms with Gasteiger partial charge in [-0.2, -0.15) is 13.2 Å². The average molecular weight is 345 g/mol. The molecule has 4 nitrogen and oxygen atoms in total. The van der Waals surface area contributed by atoms with Crippen LogP contribution in [0.5, 0.6) is 5.75 Å². The molecule has 1 aromatic carbocycles. The van der Waals surface area contributed by atoms with Gasteiger partial charge in [-0.25, -0.2) is 0 Å². The first-order valence-corrected chi connectivity index (χ1v) is 7.99. The van der Waals surface area contributed by atoms with Gasteiger partial charge in [0.25, 0.3) is 0 Å². The van der Waals surface area contributed by atoms with Gasteiger partial charge in [-0.3, -0.25) is 4.79 Å². The van der Waals surface area contributed by atoms with Gasteiger partial charge in [-0.15, -0.1) is 0 Å². The largest absolute Gasteiger partial charge is 0.491 e. The second-order valence-electron chi connectivity index (χ2n) is 6.09. The molecule has 2 rings (SSSR count). The van der Waals surface area contributed by atoms with Crippen molar-refractivity contribution in [2.24, 2.45) is 5.92 Å². The predicted octanol–water partition coefficient (Wildman–Crippen LogP) is 3.54. The summed E-state index contributed by atoms with van der Waals surface area (Å²) >= 11 is 0. The lowest BCUT2D eigenvalue weighted by Gasteiger charge is -2.22. The summed E-state index contributed by atoms with van der Waals surface area (Å²) in [5.74, 6) is -0.262. The highest BCUT2D eigenvalue weighted by molar-refractivity contribution is 5.78. The number of hydrogen-bond donors (Lipinski definition) is 1. The van der Waals surface area contributed by atoms with E-state index in [9.17, 15) is 18.0 Å². The monoisotopic (exact) mass is 345 g/mol. The minimum Gasteiger partial charge on any atom is -0.491 e. The highest BCUT2D eigenvalue weighted by Gasteiger charge is 2.34. The Hall–Kier alpha value is -1.76. The summed E-state index contributed by atoms with van der Waals surface area (Å²) in [5.41, 5.74) is -0.757.